The van der Waals surface area contributed by atoms with E-state index in [-0.39, 0.29) is 11.8 Å². The van der Waals surface area contributed by atoms with Crippen LogP contribution in [-0.2, 0) is 0 Å². The molecule has 0 aliphatic rings. The molecule has 0 unspecified atom stereocenters. The first-order chi connectivity index (χ1) is 7.59. The van der Waals surface area contributed by atoms with Crippen molar-refractivity contribution in [3.05, 3.63) is 49.0 Å². The molecule has 1 aromatic heterocycles. The van der Waals surface area contributed by atoms with Crippen LogP contribution in [0.2, 0.25) is 0 Å². The zero-order valence-electron chi connectivity index (χ0n) is 8.15. The molecular formula is C11H9Br2NOS. The van der Waals surface area contributed by atoms with E-state index >= 15 is 0 Å². The molecule has 1 heterocycles. The highest BCUT2D eigenvalue weighted by Gasteiger charge is 2.13. The molecule has 1 atom stereocenters. The summed E-state index contributed by atoms with van der Waals surface area (Å²) in [6.07, 6.45) is 0. The van der Waals surface area contributed by atoms with Crippen molar-refractivity contribution in [1.82, 2.24) is 0 Å². The first-order valence-electron chi connectivity index (χ1n) is 4.55. The molecule has 2 rings (SSSR count). The fraction of sp³-hybridized carbons (Fsp3) is 0.0909. The molecule has 0 aliphatic heterocycles. The third-order valence-corrected chi connectivity index (χ3v) is 4.21. The van der Waals surface area contributed by atoms with E-state index in [1.54, 1.807) is 11.3 Å². The molecule has 0 amide bonds. The number of halogens is 2. The predicted molar refractivity (Wildman–Crippen MR) is 73.9 cm³/mol. The molecule has 1 aromatic carbocycles. The highest BCUT2D eigenvalue weighted by molar-refractivity contribution is 9.11. The Morgan fingerprint density at radius 2 is 1.81 bits per heavy atom. The van der Waals surface area contributed by atoms with Gasteiger partial charge in [-0.15, -0.1) is 0 Å². The number of phenols is 1. The van der Waals surface area contributed by atoms with Gasteiger partial charge in [0, 0.05) is 0 Å². The lowest BCUT2D eigenvalue weighted by atomic mass is 10.0. The van der Waals surface area contributed by atoms with E-state index in [1.165, 1.54) is 0 Å². The van der Waals surface area contributed by atoms with Crippen molar-refractivity contribution in [3.8, 4) is 5.75 Å². The van der Waals surface area contributed by atoms with Crippen molar-refractivity contribution in [3.63, 3.8) is 0 Å². The molecule has 16 heavy (non-hydrogen) atoms. The number of hydrogen-bond donors (Lipinski definition) is 2. The normalized spacial score (nSPS) is 12.7. The second kappa shape index (κ2) is 4.87. The molecule has 5 heteroatoms. The maximum Gasteiger partial charge on any atom is 0.143 e. The van der Waals surface area contributed by atoms with Crippen LogP contribution in [0.25, 0.3) is 0 Å². The van der Waals surface area contributed by atoms with Crippen LogP contribution < -0.4 is 5.73 Å². The summed E-state index contributed by atoms with van der Waals surface area (Å²) >= 11 is 8.21. The number of aromatic hydroxyl groups is 1. The molecule has 3 N–H and O–H groups in total. The highest BCUT2D eigenvalue weighted by Crippen LogP contribution is 2.36. The third kappa shape index (κ3) is 2.32. The van der Waals surface area contributed by atoms with Gasteiger partial charge in [-0.3, -0.25) is 0 Å². The maximum absolute atomic E-state index is 9.61. The minimum absolute atomic E-state index is 0.167. The summed E-state index contributed by atoms with van der Waals surface area (Å²) in [5, 5.41) is 13.6. The Kier molecular flexibility index (Phi) is 3.69. The van der Waals surface area contributed by atoms with E-state index in [0.29, 0.717) is 8.95 Å². The number of hydrogen-bond acceptors (Lipinski definition) is 3. The molecule has 0 saturated carbocycles. The van der Waals surface area contributed by atoms with E-state index in [2.05, 4.69) is 31.9 Å². The van der Waals surface area contributed by atoms with Gasteiger partial charge in [0.2, 0.25) is 0 Å². The summed E-state index contributed by atoms with van der Waals surface area (Å²) in [5.41, 5.74) is 8.16. The molecular weight excluding hydrogens is 354 g/mol. The van der Waals surface area contributed by atoms with Crippen LogP contribution >= 0.6 is 43.2 Å². The molecule has 0 aliphatic carbocycles. The smallest absolute Gasteiger partial charge is 0.143 e. The van der Waals surface area contributed by atoms with E-state index in [1.807, 2.05) is 29.0 Å². The zero-order valence-corrected chi connectivity index (χ0v) is 12.1. The van der Waals surface area contributed by atoms with Crippen molar-refractivity contribution in [2.45, 2.75) is 6.04 Å². The van der Waals surface area contributed by atoms with E-state index in [0.717, 1.165) is 11.1 Å². The molecule has 0 fully saturated rings. The molecule has 0 radical (unpaired) electrons. The molecule has 84 valence electrons. The van der Waals surface area contributed by atoms with Gasteiger partial charge < -0.3 is 10.8 Å². The number of thiophene rings is 1. The van der Waals surface area contributed by atoms with Gasteiger partial charge in [-0.05, 0) is 71.9 Å². The lowest BCUT2D eigenvalue weighted by molar-refractivity contribution is 0.468. The number of nitrogens with two attached hydrogens (primary N) is 1. The van der Waals surface area contributed by atoms with Gasteiger partial charge in [-0.2, -0.15) is 11.3 Å². The van der Waals surface area contributed by atoms with Crippen LogP contribution in [0.5, 0.6) is 5.75 Å². The topological polar surface area (TPSA) is 46.2 Å². The second-order valence-electron chi connectivity index (χ2n) is 3.37. The van der Waals surface area contributed by atoms with E-state index in [4.69, 9.17) is 5.73 Å². The van der Waals surface area contributed by atoms with Crippen LogP contribution in [0.1, 0.15) is 17.2 Å². The van der Waals surface area contributed by atoms with Crippen LogP contribution in [0, 0.1) is 0 Å². The van der Waals surface area contributed by atoms with Crippen molar-refractivity contribution in [1.29, 1.82) is 0 Å². The SMILES string of the molecule is N[C@H](c1ccsc1)c1cc(Br)c(O)c(Br)c1. The molecule has 2 nitrogen and oxygen atoms in total. The standard InChI is InChI=1S/C11H9Br2NOS/c12-8-3-7(4-9(13)11(8)15)10(14)6-1-2-16-5-6/h1-5,10,15H,14H2/t10-/m1/s1. The Balaban J connectivity index is 2.42. The molecule has 0 bridgehead atoms. The fourth-order valence-electron chi connectivity index (χ4n) is 1.41. The van der Waals surface area contributed by atoms with Crippen LogP contribution in [0.4, 0.5) is 0 Å². The van der Waals surface area contributed by atoms with Crippen LogP contribution in [0.3, 0.4) is 0 Å². The van der Waals surface area contributed by atoms with Gasteiger partial charge in [0.05, 0.1) is 15.0 Å². The lowest BCUT2D eigenvalue weighted by Gasteiger charge is -2.12. The third-order valence-electron chi connectivity index (χ3n) is 2.30. The largest absolute Gasteiger partial charge is 0.506 e. The van der Waals surface area contributed by atoms with Gasteiger partial charge in [-0.1, -0.05) is 0 Å². The Bertz CT molecular complexity index is 476. The monoisotopic (exact) mass is 361 g/mol. The second-order valence-corrected chi connectivity index (χ2v) is 5.86. The first-order valence-corrected chi connectivity index (χ1v) is 7.08. The minimum Gasteiger partial charge on any atom is -0.506 e. The van der Waals surface area contributed by atoms with E-state index in [9.17, 15) is 5.11 Å². The van der Waals surface area contributed by atoms with Crippen LogP contribution in [0.15, 0.2) is 37.9 Å². The maximum atomic E-state index is 9.61. The van der Waals surface area contributed by atoms with Crippen molar-refractivity contribution in [2.75, 3.05) is 0 Å². The summed E-state index contributed by atoms with van der Waals surface area (Å²) in [5.74, 6) is 0.196. The fourth-order valence-corrected chi connectivity index (χ4v) is 3.33. The predicted octanol–water partition coefficient (Wildman–Crippen LogP) is 4.03. The van der Waals surface area contributed by atoms with Crippen molar-refractivity contribution in [2.24, 2.45) is 5.73 Å². The van der Waals surface area contributed by atoms with Gasteiger partial charge in [0.1, 0.15) is 5.75 Å². The van der Waals surface area contributed by atoms with Gasteiger partial charge in [0.25, 0.3) is 0 Å². The van der Waals surface area contributed by atoms with Gasteiger partial charge in [0.15, 0.2) is 0 Å². The summed E-state index contributed by atoms with van der Waals surface area (Å²) in [6, 6.07) is 5.51. The van der Waals surface area contributed by atoms with Gasteiger partial charge in [-0.25, -0.2) is 0 Å². The van der Waals surface area contributed by atoms with E-state index < -0.39 is 0 Å². The minimum atomic E-state index is -0.167. The summed E-state index contributed by atoms with van der Waals surface area (Å²) in [4.78, 5) is 0. The number of rotatable bonds is 2. The molecule has 2 aromatic rings. The van der Waals surface area contributed by atoms with Gasteiger partial charge >= 0.3 is 0 Å². The summed E-state index contributed by atoms with van der Waals surface area (Å²) < 4.78 is 1.28. The average Bonchev–Trinajstić information content (AvgIpc) is 2.77. The van der Waals surface area contributed by atoms with Crippen molar-refractivity contribution < 1.29 is 5.11 Å². The highest BCUT2D eigenvalue weighted by atomic mass is 79.9. The zero-order chi connectivity index (χ0) is 11.7. The first kappa shape index (κ1) is 12.1. The average molecular weight is 363 g/mol. The summed E-state index contributed by atoms with van der Waals surface area (Å²) in [7, 11) is 0. The quantitative estimate of drug-likeness (QED) is 0.847. The molecule has 0 saturated heterocycles. The Morgan fingerprint density at radius 3 is 2.31 bits per heavy atom. The number of phenolic OH excluding ortho intramolecular Hbond substituents is 1. The Hall–Kier alpha value is -0.360. The Labute approximate surface area is 114 Å². The lowest BCUT2D eigenvalue weighted by Crippen LogP contribution is -2.10. The summed E-state index contributed by atoms with van der Waals surface area (Å²) in [6.45, 7) is 0. The molecule has 0 spiro atoms. The Morgan fingerprint density at radius 1 is 1.19 bits per heavy atom. The van der Waals surface area contributed by atoms with Crippen LogP contribution in [-0.4, -0.2) is 5.11 Å². The number of benzene rings is 1. The van der Waals surface area contributed by atoms with Crippen molar-refractivity contribution >= 4 is 43.2 Å².